The van der Waals surface area contributed by atoms with Crippen molar-refractivity contribution in [2.75, 3.05) is 13.2 Å². The molecule has 1 fully saturated rings. The van der Waals surface area contributed by atoms with Crippen molar-refractivity contribution in [2.24, 2.45) is 5.92 Å². The summed E-state index contributed by atoms with van der Waals surface area (Å²) in [5, 5.41) is 2.95. The van der Waals surface area contributed by atoms with Crippen molar-refractivity contribution < 1.29 is 9.53 Å². The van der Waals surface area contributed by atoms with E-state index in [-0.39, 0.29) is 17.4 Å². The van der Waals surface area contributed by atoms with Gasteiger partial charge in [0.15, 0.2) is 0 Å². The van der Waals surface area contributed by atoms with Gasteiger partial charge in [-0.15, -0.1) is 11.6 Å². The lowest BCUT2D eigenvalue weighted by Gasteiger charge is -2.20. The zero-order valence-corrected chi connectivity index (χ0v) is 11.6. The Morgan fingerprint density at radius 3 is 2.71 bits per heavy atom. The molecular weight excluding hydrogens is 238 g/mol. The molecule has 0 saturated carbocycles. The van der Waals surface area contributed by atoms with Gasteiger partial charge in [-0.25, -0.2) is 0 Å². The van der Waals surface area contributed by atoms with Crippen molar-refractivity contribution in [3.8, 4) is 0 Å². The average Bonchev–Trinajstić information content (AvgIpc) is 2.81. The van der Waals surface area contributed by atoms with Crippen LogP contribution in [0, 0.1) is 5.92 Å². The maximum absolute atomic E-state index is 11.7. The molecule has 0 aliphatic carbocycles. The van der Waals surface area contributed by atoms with Gasteiger partial charge in [-0.2, -0.15) is 0 Å². The first-order valence-electron chi connectivity index (χ1n) is 6.69. The van der Waals surface area contributed by atoms with Crippen LogP contribution >= 0.6 is 11.6 Å². The maximum Gasteiger partial charge on any atom is 0.222 e. The predicted octanol–water partition coefficient (Wildman–Crippen LogP) is 2.72. The molecule has 1 heterocycles. The summed E-state index contributed by atoms with van der Waals surface area (Å²) < 4.78 is 5.43. The van der Waals surface area contributed by atoms with Crippen LogP contribution in [0.3, 0.4) is 0 Å². The smallest absolute Gasteiger partial charge is 0.222 e. The lowest BCUT2D eigenvalue weighted by molar-refractivity contribution is -0.123. The Balaban J connectivity index is 2.17. The van der Waals surface area contributed by atoms with Gasteiger partial charge in [0.2, 0.25) is 5.91 Å². The van der Waals surface area contributed by atoms with Gasteiger partial charge in [0.25, 0.3) is 0 Å². The van der Waals surface area contributed by atoms with Crippen molar-refractivity contribution in [2.45, 2.75) is 57.4 Å². The van der Waals surface area contributed by atoms with Crippen LogP contribution in [0.5, 0.6) is 0 Å². The molecule has 0 aromatic rings. The van der Waals surface area contributed by atoms with Crippen molar-refractivity contribution in [3.05, 3.63) is 0 Å². The Labute approximate surface area is 109 Å². The van der Waals surface area contributed by atoms with Crippen LogP contribution in [-0.4, -0.2) is 30.5 Å². The molecule has 4 heteroatoms. The van der Waals surface area contributed by atoms with Crippen LogP contribution in [0.2, 0.25) is 0 Å². The molecule has 0 radical (unpaired) electrons. The predicted molar refractivity (Wildman–Crippen MR) is 70.3 cm³/mol. The molecular formula is C13H24ClNO2. The summed E-state index contributed by atoms with van der Waals surface area (Å²) in [6.45, 7) is 5.64. The average molecular weight is 262 g/mol. The first kappa shape index (κ1) is 14.8. The van der Waals surface area contributed by atoms with E-state index in [9.17, 15) is 4.79 Å². The summed E-state index contributed by atoms with van der Waals surface area (Å²) in [4.78, 5) is 11.7. The van der Waals surface area contributed by atoms with E-state index >= 15 is 0 Å². The van der Waals surface area contributed by atoms with Gasteiger partial charge in [-0.05, 0) is 18.8 Å². The van der Waals surface area contributed by atoms with E-state index in [1.807, 2.05) is 0 Å². The van der Waals surface area contributed by atoms with E-state index in [0.29, 0.717) is 18.9 Å². The summed E-state index contributed by atoms with van der Waals surface area (Å²) >= 11 is 6.26. The molecule has 3 nitrogen and oxygen atoms in total. The Hall–Kier alpha value is -0.280. The molecule has 2 atom stereocenters. The summed E-state index contributed by atoms with van der Waals surface area (Å²) in [6, 6.07) is 0. The van der Waals surface area contributed by atoms with E-state index in [1.165, 1.54) is 0 Å². The standard InChI is InChI=1S/C13H24ClNO2/c1-3-10(4-2)12(14)9-15-13(16)8-11-6-5-7-17-11/h10-12H,3-9H2,1-2H3,(H,15,16). The fraction of sp³-hybridized carbons (Fsp3) is 0.923. The van der Waals surface area contributed by atoms with Crippen molar-refractivity contribution in [1.29, 1.82) is 0 Å². The van der Waals surface area contributed by atoms with Crippen LogP contribution in [0.1, 0.15) is 46.0 Å². The van der Waals surface area contributed by atoms with Crippen molar-refractivity contribution >= 4 is 17.5 Å². The van der Waals surface area contributed by atoms with E-state index in [1.54, 1.807) is 0 Å². The summed E-state index contributed by atoms with van der Waals surface area (Å²) in [6.07, 6.45) is 4.80. The molecule has 0 bridgehead atoms. The lowest BCUT2D eigenvalue weighted by Crippen LogP contribution is -2.34. The fourth-order valence-corrected chi connectivity index (χ4v) is 2.70. The van der Waals surface area contributed by atoms with Gasteiger partial charge in [0.05, 0.1) is 17.9 Å². The molecule has 0 spiro atoms. The number of hydrogen-bond donors (Lipinski definition) is 1. The molecule has 0 aromatic heterocycles. The molecule has 0 aromatic carbocycles. The fourth-order valence-electron chi connectivity index (χ4n) is 2.26. The number of halogens is 1. The number of carbonyl (C=O) groups is 1. The van der Waals surface area contributed by atoms with Crippen LogP contribution in [-0.2, 0) is 9.53 Å². The van der Waals surface area contributed by atoms with E-state index in [0.717, 1.165) is 32.3 Å². The molecule has 17 heavy (non-hydrogen) atoms. The van der Waals surface area contributed by atoms with Crippen molar-refractivity contribution in [1.82, 2.24) is 5.32 Å². The molecule has 1 amide bonds. The third-order valence-corrected chi connectivity index (χ3v) is 4.00. The van der Waals surface area contributed by atoms with E-state index < -0.39 is 0 Å². The highest BCUT2D eigenvalue weighted by atomic mass is 35.5. The molecule has 1 rings (SSSR count). The number of nitrogens with one attached hydrogen (secondary N) is 1. The first-order chi connectivity index (χ1) is 8.17. The monoisotopic (exact) mass is 261 g/mol. The van der Waals surface area contributed by atoms with E-state index in [2.05, 4.69) is 19.2 Å². The van der Waals surface area contributed by atoms with Gasteiger partial charge >= 0.3 is 0 Å². The Kier molecular flexibility index (Phi) is 6.90. The van der Waals surface area contributed by atoms with Gasteiger partial charge in [-0.1, -0.05) is 26.7 Å². The molecule has 1 aliphatic rings. The third-order valence-electron chi connectivity index (χ3n) is 3.49. The highest BCUT2D eigenvalue weighted by molar-refractivity contribution is 6.21. The third kappa shape index (κ3) is 5.26. The SMILES string of the molecule is CCC(CC)C(Cl)CNC(=O)CC1CCCO1. The molecule has 100 valence electrons. The number of carbonyl (C=O) groups excluding carboxylic acids is 1. The Morgan fingerprint density at radius 2 is 2.18 bits per heavy atom. The largest absolute Gasteiger partial charge is 0.378 e. The molecule has 1 N–H and O–H groups in total. The van der Waals surface area contributed by atoms with Crippen LogP contribution in [0.4, 0.5) is 0 Å². The second-order valence-corrected chi connectivity index (χ2v) is 5.30. The Morgan fingerprint density at radius 1 is 1.47 bits per heavy atom. The second-order valence-electron chi connectivity index (χ2n) is 4.74. The van der Waals surface area contributed by atoms with Gasteiger partial charge in [-0.3, -0.25) is 4.79 Å². The lowest BCUT2D eigenvalue weighted by atomic mass is 9.99. The quantitative estimate of drug-likeness (QED) is 0.716. The van der Waals surface area contributed by atoms with Gasteiger partial charge in [0, 0.05) is 13.2 Å². The highest BCUT2D eigenvalue weighted by Gasteiger charge is 2.20. The number of ether oxygens (including phenoxy) is 1. The molecule has 2 unspecified atom stereocenters. The zero-order chi connectivity index (χ0) is 12.7. The van der Waals surface area contributed by atoms with Crippen LogP contribution in [0.25, 0.3) is 0 Å². The van der Waals surface area contributed by atoms with Crippen LogP contribution in [0.15, 0.2) is 0 Å². The van der Waals surface area contributed by atoms with Gasteiger partial charge in [0.1, 0.15) is 0 Å². The van der Waals surface area contributed by atoms with Crippen LogP contribution < -0.4 is 5.32 Å². The van der Waals surface area contributed by atoms with E-state index in [4.69, 9.17) is 16.3 Å². The molecule has 1 aliphatic heterocycles. The maximum atomic E-state index is 11.7. The number of hydrogen-bond acceptors (Lipinski definition) is 2. The number of amides is 1. The minimum absolute atomic E-state index is 0.0402. The van der Waals surface area contributed by atoms with Gasteiger partial charge < -0.3 is 10.1 Å². The second kappa shape index (κ2) is 7.93. The number of rotatable bonds is 7. The summed E-state index contributed by atoms with van der Waals surface area (Å²) in [5.41, 5.74) is 0. The minimum Gasteiger partial charge on any atom is -0.378 e. The minimum atomic E-state index is 0.0402. The summed E-state index contributed by atoms with van der Waals surface area (Å²) in [5.74, 6) is 0.549. The number of alkyl halides is 1. The molecule has 1 saturated heterocycles. The highest BCUT2D eigenvalue weighted by Crippen LogP contribution is 2.18. The van der Waals surface area contributed by atoms with Crippen molar-refractivity contribution in [3.63, 3.8) is 0 Å². The first-order valence-corrected chi connectivity index (χ1v) is 7.13. The zero-order valence-electron chi connectivity index (χ0n) is 10.9. The summed E-state index contributed by atoms with van der Waals surface area (Å²) in [7, 11) is 0. The normalized spacial score (nSPS) is 21.8. The Bertz CT molecular complexity index is 225. The topological polar surface area (TPSA) is 38.3 Å².